The first-order valence-electron chi connectivity index (χ1n) is 6.15. The van der Waals surface area contributed by atoms with Crippen molar-refractivity contribution in [2.45, 2.75) is 0 Å². The Kier molecular flexibility index (Phi) is 3.09. The molecule has 3 aromatic rings. The molecule has 2 aromatic carbocycles. The van der Waals surface area contributed by atoms with Crippen molar-refractivity contribution in [2.24, 2.45) is 4.99 Å². The number of hydrogen-bond donors (Lipinski definition) is 2. The van der Waals surface area contributed by atoms with Crippen molar-refractivity contribution in [3.8, 4) is 5.75 Å². The van der Waals surface area contributed by atoms with Gasteiger partial charge in [-0.25, -0.2) is 4.79 Å². The average Bonchev–Trinajstić information content (AvgIpc) is 2.84. The zero-order chi connectivity index (χ0) is 13.9. The van der Waals surface area contributed by atoms with Gasteiger partial charge in [0.25, 0.3) is 0 Å². The van der Waals surface area contributed by atoms with Crippen molar-refractivity contribution < 1.29 is 4.74 Å². The zero-order valence-corrected chi connectivity index (χ0v) is 10.9. The Morgan fingerprint density at radius 2 is 1.95 bits per heavy atom. The van der Waals surface area contributed by atoms with Crippen molar-refractivity contribution in [1.29, 1.82) is 0 Å². The fraction of sp³-hybridized carbons (Fsp3) is 0.0667. The lowest BCUT2D eigenvalue weighted by Gasteiger charge is -1.99. The number of methoxy groups -OCH3 is 1. The summed E-state index contributed by atoms with van der Waals surface area (Å²) in [5.41, 5.74) is 3.03. The molecule has 0 bridgehead atoms. The molecule has 0 radical (unpaired) electrons. The Labute approximate surface area is 114 Å². The molecule has 20 heavy (non-hydrogen) atoms. The van der Waals surface area contributed by atoms with Crippen LogP contribution in [0.3, 0.4) is 0 Å². The minimum atomic E-state index is -0.214. The third kappa shape index (κ3) is 2.47. The number of ether oxygens (including phenoxy) is 1. The molecule has 0 aliphatic heterocycles. The normalized spacial score (nSPS) is 11.2. The molecule has 1 heterocycles. The number of aromatic amines is 2. The van der Waals surface area contributed by atoms with Gasteiger partial charge in [-0.05, 0) is 35.9 Å². The van der Waals surface area contributed by atoms with Crippen molar-refractivity contribution in [3.05, 3.63) is 58.5 Å². The summed E-state index contributed by atoms with van der Waals surface area (Å²) in [6.07, 6.45) is 1.76. The molecular weight excluding hydrogens is 254 g/mol. The highest BCUT2D eigenvalue weighted by Crippen LogP contribution is 2.18. The lowest BCUT2D eigenvalue weighted by atomic mass is 10.2. The largest absolute Gasteiger partial charge is 0.497 e. The van der Waals surface area contributed by atoms with Crippen LogP contribution in [0.1, 0.15) is 5.56 Å². The van der Waals surface area contributed by atoms with Crippen LogP contribution in [0.2, 0.25) is 0 Å². The van der Waals surface area contributed by atoms with Crippen LogP contribution in [-0.2, 0) is 0 Å². The molecule has 0 aliphatic rings. The Morgan fingerprint density at radius 3 is 2.80 bits per heavy atom. The van der Waals surface area contributed by atoms with Crippen molar-refractivity contribution in [3.63, 3.8) is 0 Å². The number of fused-ring (bicyclic) bond motifs is 1. The van der Waals surface area contributed by atoms with Crippen LogP contribution in [0.4, 0.5) is 5.69 Å². The molecule has 5 nitrogen and oxygen atoms in total. The fourth-order valence-electron chi connectivity index (χ4n) is 1.97. The van der Waals surface area contributed by atoms with E-state index in [1.165, 1.54) is 0 Å². The third-order valence-electron chi connectivity index (χ3n) is 2.96. The predicted molar refractivity (Wildman–Crippen MR) is 79.2 cm³/mol. The highest BCUT2D eigenvalue weighted by Gasteiger charge is 1.98. The second-order valence-electron chi connectivity index (χ2n) is 4.34. The number of imidazole rings is 1. The maximum atomic E-state index is 11.2. The fourth-order valence-corrected chi connectivity index (χ4v) is 1.97. The van der Waals surface area contributed by atoms with E-state index in [9.17, 15) is 4.79 Å². The Bertz CT molecular complexity index is 830. The summed E-state index contributed by atoms with van der Waals surface area (Å²) >= 11 is 0. The van der Waals surface area contributed by atoms with Crippen LogP contribution in [0, 0.1) is 0 Å². The summed E-state index contributed by atoms with van der Waals surface area (Å²) in [6.45, 7) is 0. The van der Waals surface area contributed by atoms with Crippen LogP contribution in [-0.4, -0.2) is 23.3 Å². The highest BCUT2D eigenvalue weighted by molar-refractivity contribution is 5.84. The summed E-state index contributed by atoms with van der Waals surface area (Å²) in [6, 6.07) is 13.1. The second-order valence-corrected chi connectivity index (χ2v) is 4.34. The van der Waals surface area contributed by atoms with E-state index in [0.29, 0.717) is 0 Å². The van der Waals surface area contributed by atoms with E-state index in [4.69, 9.17) is 4.74 Å². The maximum absolute atomic E-state index is 11.2. The molecule has 0 fully saturated rings. The number of aliphatic imine (C=N–C) groups is 1. The van der Waals surface area contributed by atoms with Gasteiger partial charge >= 0.3 is 5.69 Å². The summed E-state index contributed by atoms with van der Waals surface area (Å²) < 4.78 is 5.16. The predicted octanol–water partition coefficient (Wildman–Crippen LogP) is 2.62. The molecule has 2 N–H and O–H groups in total. The Balaban J connectivity index is 1.91. The van der Waals surface area contributed by atoms with Gasteiger partial charge in [-0.15, -0.1) is 0 Å². The first kappa shape index (κ1) is 12.2. The molecule has 0 saturated heterocycles. The first-order chi connectivity index (χ1) is 9.74. The second kappa shape index (κ2) is 5.05. The molecule has 0 amide bonds. The van der Waals surface area contributed by atoms with E-state index in [1.807, 2.05) is 42.5 Å². The van der Waals surface area contributed by atoms with E-state index in [1.54, 1.807) is 13.3 Å². The Morgan fingerprint density at radius 1 is 1.10 bits per heavy atom. The molecule has 5 heteroatoms. The van der Waals surface area contributed by atoms with E-state index < -0.39 is 0 Å². The quantitative estimate of drug-likeness (QED) is 0.716. The minimum absolute atomic E-state index is 0.214. The van der Waals surface area contributed by atoms with Crippen LogP contribution >= 0.6 is 0 Å². The van der Waals surface area contributed by atoms with Gasteiger partial charge in [-0.2, -0.15) is 0 Å². The van der Waals surface area contributed by atoms with E-state index in [0.717, 1.165) is 28.0 Å². The van der Waals surface area contributed by atoms with E-state index in [-0.39, 0.29) is 5.69 Å². The molecular formula is C15H13N3O2. The van der Waals surface area contributed by atoms with Gasteiger partial charge in [0.1, 0.15) is 5.75 Å². The molecule has 0 atom stereocenters. The van der Waals surface area contributed by atoms with Gasteiger partial charge < -0.3 is 14.7 Å². The van der Waals surface area contributed by atoms with Crippen LogP contribution in [0.15, 0.2) is 52.3 Å². The summed E-state index contributed by atoms with van der Waals surface area (Å²) in [5, 5.41) is 0. The molecule has 100 valence electrons. The van der Waals surface area contributed by atoms with E-state index >= 15 is 0 Å². The summed E-state index contributed by atoms with van der Waals surface area (Å²) in [7, 11) is 1.63. The molecule has 0 aliphatic carbocycles. The SMILES string of the molecule is COc1cccc(C=Nc2ccc3[nH]c(=O)[nH]c3c2)c1. The molecule has 0 unspecified atom stereocenters. The van der Waals surface area contributed by atoms with Gasteiger partial charge in [0.2, 0.25) is 0 Å². The van der Waals surface area contributed by atoms with Gasteiger partial charge in [0, 0.05) is 6.21 Å². The number of hydrogen-bond acceptors (Lipinski definition) is 3. The number of aromatic nitrogens is 2. The number of H-pyrrole nitrogens is 2. The number of rotatable bonds is 3. The minimum Gasteiger partial charge on any atom is -0.497 e. The third-order valence-corrected chi connectivity index (χ3v) is 2.96. The lowest BCUT2D eigenvalue weighted by molar-refractivity contribution is 0.415. The standard InChI is InChI=1S/C15H13N3O2/c1-20-12-4-2-3-10(7-12)9-16-11-5-6-13-14(8-11)18-15(19)17-13/h2-9H,1H3,(H2,17,18,19). The van der Waals surface area contributed by atoms with Crippen LogP contribution < -0.4 is 10.4 Å². The van der Waals surface area contributed by atoms with Crippen molar-refractivity contribution in [2.75, 3.05) is 7.11 Å². The average molecular weight is 267 g/mol. The summed E-state index contributed by atoms with van der Waals surface area (Å²) in [4.78, 5) is 21.0. The zero-order valence-electron chi connectivity index (χ0n) is 10.9. The van der Waals surface area contributed by atoms with E-state index in [2.05, 4.69) is 15.0 Å². The van der Waals surface area contributed by atoms with Crippen molar-refractivity contribution in [1.82, 2.24) is 9.97 Å². The van der Waals surface area contributed by atoms with Gasteiger partial charge in [-0.1, -0.05) is 12.1 Å². The topological polar surface area (TPSA) is 70.2 Å². The van der Waals surface area contributed by atoms with Crippen molar-refractivity contribution >= 4 is 22.9 Å². The molecule has 0 saturated carbocycles. The highest BCUT2D eigenvalue weighted by atomic mass is 16.5. The number of nitrogens with one attached hydrogen (secondary N) is 2. The van der Waals surface area contributed by atoms with Gasteiger partial charge in [-0.3, -0.25) is 4.99 Å². The summed E-state index contributed by atoms with van der Waals surface area (Å²) in [5.74, 6) is 0.791. The molecule has 3 rings (SSSR count). The molecule has 0 spiro atoms. The lowest BCUT2D eigenvalue weighted by Crippen LogP contribution is -1.99. The maximum Gasteiger partial charge on any atom is 0.323 e. The number of benzene rings is 2. The van der Waals surface area contributed by atoms with Crippen LogP contribution in [0.25, 0.3) is 11.0 Å². The van der Waals surface area contributed by atoms with Crippen LogP contribution in [0.5, 0.6) is 5.75 Å². The Hall–Kier alpha value is -2.82. The molecule has 1 aromatic heterocycles. The number of nitrogens with zero attached hydrogens (tertiary/aromatic N) is 1. The van der Waals surface area contributed by atoms with Gasteiger partial charge in [0.15, 0.2) is 0 Å². The monoisotopic (exact) mass is 267 g/mol. The first-order valence-corrected chi connectivity index (χ1v) is 6.15. The van der Waals surface area contributed by atoms with Gasteiger partial charge in [0.05, 0.1) is 23.8 Å². The smallest absolute Gasteiger partial charge is 0.323 e.